The molecule has 2 rings (SSSR count). The number of hydrogen-bond acceptors (Lipinski definition) is 2. The molecule has 0 atom stereocenters. The topological polar surface area (TPSA) is 27.3 Å². The molecule has 0 aromatic carbocycles. The van der Waals surface area contributed by atoms with Gasteiger partial charge in [0.2, 0.25) is 0 Å². The second-order valence-electron chi connectivity index (χ2n) is 5.80. The van der Waals surface area contributed by atoms with Gasteiger partial charge in [-0.3, -0.25) is 0 Å². The lowest BCUT2D eigenvalue weighted by Gasteiger charge is -2.24. The van der Waals surface area contributed by atoms with Gasteiger partial charge in [-0.1, -0.05) is 25.7 Å². The van der Waals surface area contributed by atoms with E-state index in [-0.39, 0.29) is 0 Å². The van der Waals surface area contributed by atoms with E-state index in [2.05, 4.69) is 22.6 Å². The van der Waals surface area contributed by atoms with Crippen molar-refractivity contribution in [2.45, 2.75) is 63.5 Å². The minimum atomic E-state index is 0.623. The van der Waals surface area contributed by atoms with Gasteiger partial charge in [-0.05, 0) is 44.9 Å². The first-order valence-corrected chi connectivity index (χ1v) is 7.91. The Kier molecular flexibility index (Phi) is 5.70. The Balaban J connectivity index is 1.55. The van der Waals surface area contributed by atoms with E-state index in [1.54, 1.807) is 0 Å². The van der Waals surface area contributed by atoms with Crippen molar-refractivity contribution in [2.75, 3.05) is 20.1 Å². The summed E-state index contributed by atoms with van der Waals surface area (Å²) in [7, 11) is 2.24. The quantitative estimate of drug-likeness (QED) is 0.749. The van der Waals surface area contributed by atoms with E-state index >= 15 is 0 Å². The summed E-state index contributed by atoms with van der Waals surface area (Å²) in [4.78, 5) is 2.48. The molecule has 0 heterocycles. The molecule has 3 nitrogen and oxygen atoms in total. The van der Waals surface area contributed by atoms with Crippen LogP contribution in [0, 0.1) is 0 Å². The van der Waals surface area contributed by atoms with Crippen LogP contribution in [0.3, 0.4) is 0 Å². The first-order chi connectivity index (χ1) is 8.75. The molecule has 0 saturated heterocycles. The van der Waals surface area contributed by atoms with Crippen LogP contribution >= 0.6 is 12.2 Å². The van der Waals surface area contributed by atoms with Gasteiger partial charge in [-0.2, -0.15) is 0 Å². The van der Waals surface area contributed by atoms with Gasteiger partial charge in [0.05, 0.1) is 0 Å². The average molecular weight is 269 g/mol. The normalized spacial score (nSPS) is 21.7. The fraction of sp³-hybridized carbons (Fsp3) is 0.929. The van der Waals surface area contributed by atoms with E-state index in [4.69, 9.17) is 12.2 Å². The first-order valence-electron chi connectivity index (χ1n) is 7.50. The van der Waals surface area contributed by atoms with Crippen LogP contribution in [-0.4, -0.2) is 42.2 Å². The highest BCUT2D eigenvalue weighted by Crippen LogP contribution is 2.21. The first kappa shape index (κ1) is 14.1. The fourth-order valence-corrected chi connectivity index (χ4v) is 3.45. The van der Waals surface area contributed by atoms with Crippen molar-refractivity contribution < 1.29 is 0 Å². The predicted octanol–water partition coefficient (Wildman–Crippen LogP) is 2.27. The summed E-state index contributed by atoms with van der Waals surface area (Å²) >= 11 is 5.34. The van der Waals surface area contributed by atoms with Crippen molar-refractivity contribution in [3.63, 3.8) is 0 Å². The predicted molar refractivity (Wildman–Crippen MR) is 80.9 cm³/mol. The highest BCUT2D eigenvalue weighted by molar-refractivity contribution is 7.80. The van der Waals surface area contributed by atoms with Crippen LogP contribution in [0.25, 0.3) is 0 Å². The molecule has 0 aromatic heterocycles. The van der Waals surface area contributed by atoms with E-state index in [0.717, 1.165) is 24.2 Å². The highest BCUT2D eigenvalue weighted by Gasteiger charge is 2.19. The van der Waals surface area contributed by atoms with Crippen molar-refractivity contribution in [3.8, 4) is 0 Å². The largest absolute Gasteiger partial charge is 0.361 e. The zero-order valence-electron chi connectivity index (χ0n) is 11.6. The molecule has 2 aliphatic rings. The third-order valence-electron chi connectivity index (χ3n) is 4.39. The van der Waals surface area contributed by atoms with Crippen LogP contribution in [0.4, 0.5) is 0 Å². The maximum Gasteiger partial charge on any atom is 0.166 e. The summed E-state index contributed by atoms with van der Waals surface area (Å²) in [5.41, 5.74) is 0. The molecule has 0 amide bonds. The van der Waals surface area contributed by atoms with E-state index in [9.17, 15) is 0 Å². The minimum absolute atomic E-state index is 0.623. The molecule has 0 radical (unpaired) electrons. The lowest BCUT2D eigenvalue weighted by atomic mass is 10.2. The summed E-state index contributed by atoms with van der Waals surface area (Å²) in [5.74, 6) is 0. The van der Waals surface area contributed by atoms with Crippen molar-refractivity contribution >= 4 is 17.3 Å². The third kappa shape index (κ3) is 4.39. The number of nitrogens with one attached hydrogen (secondary N) is 2. The number of rotatable bonds is 5. The van der Waals surface area contributed by atoms with Crippen molar-refractivity contribution in [1.82, 2.24) is 15.5 Å². The van der Waals surface area contributed by atoms with Gasteiger partial charge in [-0.25, -0.2) is 0 Å². The van der Waals surface area contributed by atoms with Gasteiger partial charge >= 0.3 is 0 Å². The van der Waals surface area contributed by atoms with E-state index in [0.29, 0.717) is 6.04 Å². The van der Waals surface area contributed by atoms with Crippen LogP contribution in [0.15, 0.2) is 0 Å². The number of likely N-dealkylation sites (N-methyl/N-ethyl adjacent to an activating group) is 1. The van der Waals surface area contributed by atoms with Crippen molar-refractivity contribution in [2.24, 2.45) is 0 Å². The molecular formula is C14H27N3S. The fourth-order valence-electron chi connectivity index (χ4n) is 3.18. The Hall–Kier alpha value is -0.350. The van der Waals surface area contributed by atoms with Gasteiger partial charge in [0.1, 0.15) is 0 Å². The monoisotopic (exact) mass is 269 g/mol. The number of thiocarbonyl (C=S) groups is 1. The number of hydrogen-bond donors (Lipinski definition) is 2. The minimum Gasteiger partial charge on any atom is -0.361 e. The maximum atomic E-state index is 5.34. The van der Waals surface area contributed by atoms with E-state index in [1.165, 1.54) is 51.4 Å². The second-order valence-corrected chi connectivity index (χ2v) is 6.21. The molecule has 2 fully saturated rings. The molecule has 4 heteroatoms. The van der Waals surface area contributed by atoms with Crippen LogP contribution in [0.2, 0.25) is 0 Å². The Morgan fingerprint density at radius 2 is 1.72 bits per heavy atom. The molecule has 18 heavy (non-hydrogen) atoms. The molecule has 0 unspecified atom stereocenters. The molecular weight excluding hydrogens is 242 g/mol. The molecule has 104 valence electrons. The van der Waals surface area contributed by atoms with Gasteiger partial charge in [0, 0.05) is 25.2 Å². The van der Waals surface area contributed by atoms with Crippen LogP contribution in [-0.2, 0) is 0 Å². The van der Waals surface area contributed by atoms with Crippen LogP contribution < -0.4 is 10.6 Å². The van der Waals surface area contributed by atoms with Gasteiger partial charge in [0.25, 0.3) is 0 Å². The van der Waals surface area contributed by atoms with Crippen molar-refractivity contribution in [1.29, 1.82) is 0 Å². The zero-order chi connectivity index (χ0) is 12.8. The summed E-state index contributed by atoms with van der Waals surface area (Å²) in [6.45, 7) is 2.06. The summed E-state index contributed by atoms with van der Waals surface area (Å²) in [6.07, 6.45) is 10.8. The summed E-state index contributed by atoms with van der Waals surface area (Å²) in [5, 5.41) is 7.62. The maximum absolute atomic E-state index is 5.34. The SMILES string of the molecule is CN(CCNC(=S)NC1CCCC1)C1CCCC1. The molecule has 0 spiro atoms. The van der Waals surface area contributed by atoms with E-state index < -0.39 is 0 Å². The Morgan fingerprint density at radius 1 is 1.11 bits per heavy atom. The lowest BCUT2D eigenvalue weighted by molar-refractivity contribution is 0.249. The average Bonchev–Trinajstić information content (AvgIpc) is 3.00. The van der Waals surface area contributed by atoms with Crippen LogP contribution in [0.5, 0.6) is 0 Å². The van der Waals surface area contributed by atoms with Gasteiger partial charge in [-0.15, -0.1) is 0 Å². The Labute approximate surface area is 117 Å². The molecule has 0 aliphatic heterocycles. The lowest BCUT2D eigenvalue weighted by Crippen LogP contribution is -2.44. The highest BCUT2D eigenvalue weighted by atomic mass is 32.1. The third-order valence-corrected chi connectivity index (χ3v) is 4.65. The van der Waals surface area contributed by atoms with Gasteiger partial charge in [0.15, 0.2) is 5.11 Å². The molecule has 0 aromatic rings. The zero-order valence-corrected chi connectivity index (χ0v) is 12.4. The standard InChI is InChI=1S/C14H27N3S/c1-17(13-8-4-5-9-13)11-10-15-14(18)16-12-6-2-3-7-12/h12-13H,2-11H2,1H3,(H2,15,16,18). The molecule has 2 saturated carbocycles. The summed E-state index contributed by atoms with van der Waals surface area (Å²) in [6, 6.07) is 1.43. The second kappa shape index (κ2) is 7.29. The van der Waals surface area contributed by atoms with Crippen molar-refractivity contribution in [3.05, 3.63) is 0 Å². The molecule has 2 aliphatic carbocycles. The Bertz CT molecular complexity index is 258. The number of nitrogens with zero attached hydrogens (tertiary/aromatic N) is 1. The van der Waals surface area contributed by atoms with Gasteiger partial charge < -0.3 is 15.5 Å². The molecule has 2 N–H and O–H groups in total. The Morgan fingerprint density at radius 3 is 2.39 bits per heavy atom. The van der Waals surface area contributed by atoms with E-state index in [1.807, 2.05) is 0 Å². The summed E-state index contributed by atoms with van der Waals surface area (Å²) < 4.78 is 0. The smallest absolute Gasteiger partial charge is 0.166 e. The van der Waals surface area contributed by atoms with Crippen LogP contribution in [0.1, 0.15) is 51.4 Å². The molecule has 0 bridgehead atoms.